The monoisotopic (exact) mass is 162 g/mol. The average Bonchev–Trinajstić information content (AvgIpc) is 2.05. The lowest BCUT2D eigenvalue weighted by molar-refractivity contribution is -0.114. The quantitative estimate of drug-likeness (QED) is 0.718. The third kappa shape index (κ3) is 2.20. The minimum absolute atomic E-state index is 0.0943. The number of aromatic nitrogens is 1. The first kappa shape index (κ1) is 8.46. The zero-order valence-electron chi connectivity index (χ0n) is 6.87. The summed E-state index contributed by atoms with van der Waals surface area (Å²) in [4.78, 5) is 14.6. The number of nitrogens with one attached hydrogen (secondary N) is 1. The van der Waals surface area contributed by atoms with E-state index in [1.54, 1.807) is 24.4 Å². The van der Waals surface area contributed by atoms with Crippen LogP contribution in [0, 0.1) is 0 Å². The van der Waals surface area contributed by atoms with E-state index in [1.807, 2.05) is 0 Å². The maximum atomic E-state index is 10.6. The lowest BCUT2D eigenvalue weighted by atomic mass is 10.3. The van der Waals surface area contributed by atoms with E-state index in [4.69, 9.17) is 0 Å². The standard InChI is InChI=1S/C9H10N2O/c1-3-8-4-5-9(6-10-8)11-7(2)12/h3-6H,1H2,2H3,(H,11,12). The van der Waals surface area contributed by atoms with Crippen LogP contribution >= 0.6 is 0 Å². The van der Waals surface area contributed by atoms with E-state index >= 15 is 0 Å². The van der Waals surface area contributed by atoms with Gasteiger partial charge in [-0.3, -0.25) is 9.78 Å². The molecule has 0 fully saturated rings. The number of hydrogen-bond acceptors (Lipinski definition) is 2. The minimum atomic E-state index is -0.0943. The second-order valence-electron chi connectivity index (χ2n) is 2.36. The molecule has 12 heavy (non-hydrogen) atoms. The van der Waals surface area contributed by atoms with Crippen LogP contribution in [0.5, 0.6) is 0 Å². The highest BCUT2D eigenvalue weighted by molar-refractivity contribution is 5.88. The fraction of sp³-hybridized carbons (Fsp3) is 0.111. The first-order chi connectivity index (χ1) is 5.72. The van der Waals surface area contributed by atoms with Crippen molar-refractivity contribution in [2.24, 2.45) is 0 Å². The Bertz CT molecular complexity index is 290. The van der Waals surface area contributed by atoms with Crippen LogP contribution in [0.4, 0.5) is 5.69 Å². The van der Waals surface area contributed by atoms with Gasteiger partial charge in [0.2, 0.25) is 5.91 Å². The molecular formula is C9H10N2O. The molecule has 0 aliphatic heterocycles. The molecule has 0 saturated carbocycles. The molecule has 1 heterocycles. The molecule has 0 aliphatic carbocycles. The van der Waals surface area contributed by atoms with Gasteiger partial charge in [-0.25, -0.2) is 0 Å². The Labute approximate surface area is 71.1 Å². The van der Waals surface area contributed by atoms with Crippen LogP contribution in [0.15, 0.2) is 24.9 Å². The third-order valence-electron chi connectivity index (χ3n) is 1.32. The van der Waals surface area contributed by atoms with Crippen LogP contribution in [-0.4, -0.2) is 10.9 Å². The third-order valence-corrected chi connectivity index (χ3v) is 1.32. The van der Waals surface area contributed by atoms with Crippen LogP contribution in [-0.2, 0) is 4.79 Å². The maximum absolute atomic E-state index is 10.6. The highest BCUT2D eigenvalue weighted by Gasteiger charge is 1.94. The number of hydrogen-bond donors (Lipinski definition) is 1. The van der Waals surface area contributed by atoms with Crippen LogP contribution in [0.1, 0.15) is 12.6 Å². The molecule has 0 spiro atoms. The number of anilines is 1. The molecule has 0 unspecified atom stereocenters. The molecule has 1 aromatic heterocycles. The molecule has 62 valence electrons. The van der Waals surface area contributed by atoms with Gasteiger partial charge in [0, 0.05) is 6.92 Å². The average molecular weight is 162 g/mol. The van der Waals surface area contributed by atoms with Crippen LogP contribution in [0.25, 0.3) is 6.08 Å². The molecule has 0 bridgehead atoms. The number of carbonyl (C=O) groups is 1. The number of carbonyl (C=O) groups excluding carboxylic acids is 1. The van der Waals surface area contributed by atoms with E-state index in [9.17, 15) is 4.79 Å². The van der Waals surface area contributed by atoms with Gasteiger partial charge in [0.15, 0.2) is 0 Å². The molecule has 1 aromatic rings. The lowest BCUT2D eigenvalue weighted by Crippen LogP contribution is -2.05. The summed E-state index contributed by atoms with van der Waals surface area (Å²) < 4.78 is 0. The van der Waals surface area contributed by atoms with Crippen molar-refractivity contribution in [2.45, 2.75) is 6.92 Å². The van der Waals surface area contributed by atoms with Crippen molar-refractivity contribution in [1.29, 1.82) is 0 Å². The fourth-order valence-corrected chi connectivity index (χ4v) is 0.803. The molecule has 0 saturated heterocycles. The van der Waals surface area contributed by atoms with Crippen molar-refractivity contribution in [3.63, 3.8) is 0 Å². The minimum Gasteiger partial charge on any atom is -0.325 e. The highest BCUT2D eigenvalue weighted by Crippen LogP contribution is 2.05. The Kier molecular flexibility index (Phi) is 2.58. The Hall–Kier alpha value is -1.64. The molecule has 0 aromatic carbocycles. The summed E-state index contributed by atoms with van der Waals surface area (Å²) in [6.45, 7) is 5.03. The van der Waals surface area contributed by atoms with Crippen molar-refractivity contribution < 1.29 is 4.79 Å². The molecule has 0 atom stereocenters. The molecule has 1 N–H and O–H groups in total. The van der Waals surface area contributed by atoms with Crippen molar-refractivity contribution in [1.82, 2.24) is 4.98 Å². The van der Waals surface area contributed by atoms with E-state index < -0.39 is 0 Å². The van der Waals surface area contributed by atoms with E-state index in [-0.39, 0.29) is 5.91 Å². The summed E-state index contributed by atoms with van der Waals surface area (Å²) in [7, 11) is 0. The number of rotatable bonds is 2. The summed E-state index contributed by atoms with van der Waals surface area (Å²) in [6, 6.07) is 3.57. The SMILES string of the molecule is C=Cc1ccc(NC(C)=O)cn1. The molecule has 3 nitrogen and oxygen atoms in total. The molecule has 3 heteroatoms. The molecular weight excluding hydrogens is 152 g/mol. The molecule has 1 amide bonds. The van der Waals surface area contributed by atoms with Gasteiger partial charge >= 0.3 is 0 Å². The second kappa shape index (κ2) is 3.67. The first-order valence-corrected chi connectivity index (χ1v) is 3.58. The topological polar surface area (TPSA) is 42.0 Å². The van der Waals surface area contributed by atoms with E-state index in [1.165, 1.54) is 6.92 Å². The smallest absolute Gasteiger partial charge is 0.221 e. The number of pyridine rings is 1. The Morgan fingerprint density at radius 3 is 2.83 bits per heavy atom. The van der Waals surface area contributed by atoms with Crippen molar-refractivity contribution in [3.8, 4) is 0 Å². The lowest BCUT2D eigenvalue weighted by Gasteiger charge is -2.00. The summed E-state index contributed by atoms with van der Waals surface area (Å²) >= 11 is 0. The van der Waals surface area contributed by atoms with Crippen molar-refractivity contribution in [2.75, 3.05) is 5.32 Å². The summed E-state index contributed by atoms with van der Waals surface area (Å²) in [5.41, 5.74) is 1.50. The summed E-state index contributed by atoms with van der Waals surface area (Å²) in [6.07, 6.45) is 3.25. The van der Waals surface area contributed by atoms with Gasteiger partial charge in [-0.15, -0.1) is 0 Å². The number of amides is 1. The van der Waals surface area contributed by atoms with Gasteiger partial charge < -0.3 is 5.32 Å². The van der Waals surface area contributed by atoms with E-state index in [0.29, 0.717) is 5.69 Å². The van der Waals surface area contributed by atoms with Gasteiger partial charge in [-0.05, 0) is 18.2 Å². The van der Waals surface area contributed by atoms with Crippen LogP contribution in [0.2, 0.25) is 0 Å². The molecule has 1 rings (SSSR count). The zero-order chi connectivity index (χ0) is 8.97. The Balaban J connectivity index is 2.77. The van der Waals surface area contributed by atoms with Gasteiger partial charge in [-0.1, -0.05) is 6.58 Å². The van der Waals surface area contributed by atoms with Crippen LogP contribution in [0.3, 0.4) is 0 Å². The van der Waals surface area contributed by atoms with E-state index in [0.717, 1.165) is 5.69 Å². The predicted octanol–water partition coefficient (Wildman–Crippen LogP) is 1.68. The number of nitrogens with zero attached hydrogens (tertiary/aromatic N) is 1. The second-order valence-corrected chi connectivity index (χ2v) is 2.36. The Morgan fingerprint density at radius 2 is 2.42 bits per heavy atom. The van der Waals surface area contributed by atoms with Gasteiger partial charge in [-0.2, -0.15) is 0 Å². The fourth-order valence-electron chi connectivity index (χ4n) is 0.803. The maximum Gasteiger partial charge on any atom is 0.221 e. The summed E-state index contributed by atoms with van der Waals surface area (Å²) in [5.74, 6) is -0.0943. The molecule has 0 radical (unpaired) electrons. The van der Waals surface area contributed by atoms with Crippen molar-refractivity contribution in [3.05, 3.63) is 30.6 Å². The zero-order valence-corrected chi connectivity index (χ0v) is 6.87. The normalized spacial score (nSPS) is 9.08. The molecule has 0 aliphatic rings. The van der Waals surface area contributed by atoms with Gasteiger partial charge in [0.05, 0.1) is 17.6 Å². The van der Waals surface area contributed by atoms with Crippen LogP contribution < -0.4 is 5.32 Å². The van der Waals surface area contributed by atoms with Crippen molar-refractivity contribution >= 4 is 17.7 Å². The first-order valence-electron chi connectivity index (χ1n) is 3.58. The van der Waals surface area contributed by atoms with Gasteiger partial charge in [0.1, 0.15) is 0 Å². The largest absolute Gasteiger partial charge is 0.325 e. The summed E-state index contributed by atoms with van der Waals surface area (Å²) in [5, 5.41) is 2.62. The highest BCUT2D eigenvalue weighted by atomic mass is 16.1. The Morgan fingerprint density at radius 1 is 1.67 bits per heavy atom. The predicted molar refractivity (Wildman–Crippen MR) is 48.6 cm³/mol. The van der Waals surface area contributed by atoms with Gasteiger partial charge in [0.25, 0.3) is 0 Å². The van der Waals surface area contributed by atoms with E-state index in [2.05, 4.69) is 16.9 Å².